The number of hydrogen-bond donors (Lipinski definition) is 1. The van der Waals surface area contributed by atoms with E-state index in [0.29, 0.717) is 12.6 Å². The summed E-state index contributed by atoms with van der Waals surface area (Å²) in [4.78, 5) is 9.86. The standard InChI is InChI=1S/C21H32N4.HI/c1-3-13-23-21(22-4-2)25-15-12-20-19(17-25)11-8-14-24(20)16-18-9-6-5-7-10-18;/h3,5-7,9-10,19-20H,1,4,8,11-17H2,2H3,(H,22,23);1H. The fourth-order valence-electron chi connectivity index (χ4n) is 4.29. The lowest BCUT2D eigenvalue weighted by Crippen LogP contribution is -2.56. The van der Waals surface area contributed by atoms with Gasteiger partial charge in [0.05, 0.1) is 6.54 Å². The number of piperidine rings is 2. The summed E-state index contributed by atoms with van der Waals surface area (Å²) >= 11 is 0. The van der Waals surface area contributed by atoms with Crippen molar-refractivity contribution in [2.24, 2.45) is 10.9 Å². The Bertz CT molecular complexity index is 575. The summed E-state index contributed by atoms with van der Waals surface area (Å²) in [5.74, 6) is 1.81. The van der Waals surface area contributed by atoms with Gasteiger partial charge in [-0.3, -0.25) is 4.90 Å². The SMILES string of the molecule is C=CCN=C(NCC)N1CCC2C(CCCN2Cc2ccccc2)C1.I. The topological polar surface area (TPSA) is 30.9 Å². The van der Waals surface area contributed by atoms with Crippen LogP contribution in [0.4, 0.5) is 0 Å². The van der Waals surface area contributed by atoms with Crippen LogP contribution in [0.1, 0.15) is 31.7 Å². The van der Waals surface area contributed by atoms with Crippen LogP contribution in [0.25, 0.3) is 0 Å². The lowest BCUT2D eigenvalue weighted by Gasteiger charge is -2.48. The molecule has 2 aliphatic rings. The van der Waals surface area contributed by atoms with Crippen molar-refractivity contribution >= 4 is 29.9 Å². The summed E-state index contributed by atoms with van der Waals surface area (Å²) in [6, 6.07) is 11.6. The summed E-state index contributed by atoms with van der Waals surface area (Å²) < 4.78 is 0. The molecule has 0 bridgehead atoms. The van der Waals surface area contributed by atoms with Gasteiger partial charge in [0.1, 0.15) is 0 Å². The first-order valence-corrected chi connectivity index (χ1v) is 9.74. The van der Waals surface area contributed by atoms with Crippen LogP contribution in [0.5, 0.6) is 0 Å². The van der Waals surface area contributed by atoms with Gasteiger partial charge in [-0.25, -0.2) is 4.99 Å². The third-order valence-electron chi connectivity index (χ3n) is 5.42. The van der Waals surface area contributed by atoms with E-state index in [1.807, 2.05) is 6.08 Å². The van der Waals surface area contributed by atoms with Gasteiger partial charge < -0.3 is 10.2 Å². The van der Waals surface area contributed by atoms with Crippen LogP contribution in [0.3, 0.4) is 0 Å². The monoisotopic (exact) mass is 468 g/mol. The van der Waals surface area contributed by atoms with E-state index in [-0.39, 0.29) is 24.0 Å². The Balaban J connectivity index is 0.00000243. The summed E-state index contributed by atoms with van der Waals surface area (Å²) in [7, 11) is 0. The summed E-state index contributed by atoms with van der Waals surface area (Å²) in [6.07, 6.45) is 5.75. The minimum atomic E-state index is 0. The second-order valence-electron chi connectivity index (χ2n) is 7.14. The number of guanidine groups is 1. The maximum Gasteiger partial charge on any atom is 0.194 e. The molecule has 4 nitrogen and oxygen atoms in total. The molecule has 144 valence electrons. The minimum Gasteiger partial charge on any atom is -0.357 e. The second kappa shape index (κ2) is 10.9. The smallest absolute Gasteiger partial charge is 0.194 e. The Kier molecular flexibility index (Phi) is 8.91. The highest BCUT2D eigenvalue weighted by Crippen LogP contribution is 2.31. The van der Waals surface area contributed by atoms with Gasteiger partial charge in [-0.05, 0) is 44.2 Å². The van der Waals surface area contributed by atoms with E-state index < -0.39 is 0 Å². The molecule has 0 amide bonds. The molecule has 2 aliphatic heterocycles. The molecule has 1 N–H and O–H groups in total. The molecule has 0 aliphatic carbocycles. The quantitative estimate of drug-likeness (QED) is 0.309. The summed E-state index contributed by atoms with van der Waals surface area (Å²) in [6.45, 7) is 12.1. The van der Waals surface area contributed by atoms with Crippen LogP contribution in [-0.4, -0.2) is 54.5 Å². The maximum atomic E-state index is 4.68. The predicted molar refractivity (Wildman–Crippen MR) is 121 cm³/mol. The Morgan fingerprint density at radius 1 is 1.27 bits per heavy atom. The van der Waals surface area contributed by atoms with Gasteiger partial charge in [0.2, 0.25) is 0 Å². The fourth-order valence-corrected chi connectivity index (χ4v) is 4.29. The molecular formula is C21H33IN4. The molecule has 2 heterocycles. The number of aliphatic imine (C=N–C) groups is 1. The highest BCUT2D eigenvalue weighted by molar-refractivity contribution is 14.0. The van der Waals surface area contributed by atoms with Crippen LogP contribution in [0.15, 0.2) is 48.0 Å². The molecule has 0 spiro atoms. The first-order chi connectivity index (χ1) is 12.3. The number of benzene rings is 1. The first kappa shape index (κ1) is 21.2. The van der Waals surface area contributed by atoms with Crippen LogP contribution in [-0.2, 0) is 6.54 Å². The van der Waals surface area contributed by atoms with Crippen molar-refractivity contribution in [1.29, 1.82) is 0 Å². The van der Waals surface area contributed by atoms with Crippen molar-refractivity contribution < 1.29 is 0 Å². The highest BCUT2D eigenvalue weighted by Gasteiger charge is 2.36. The van der Waals surface area contributed by atoms with Crippen molar-refractivity contribution in [1.82, 2.24) is 15.1 Å². The predicted octanol–water partition coefficient (Wildman–Crippen LogP) is 3.74. The number of likely N-dealkylation sites (tertiary alicyclic amines) is 2. The van der Waals surface area contributed by atoms with Crippen molar-refractivity contribution in [3.8, 4) is 0 Å². The van der Waals surface area contributed by atoms with Gasteiger partial charge in [0.15, 0.2) is 5.96 Å². The molecule has 26 heavy (non-hydrogen) atoms. The number of halogens is 1. The molecule has 1 aromatic carbocycles. The molecular weight excluding hydrogens is 435 g/mol. The van der Waals surface area contributed by atoms with Crippen molar-refractivity contribution in [2.75, 3.05) is 32.7 Å². The van der Waals surface area contributed by atoms with Crippen molar-refractivity contribution in [3.05, 3.63) is 48.6 Å². The van der Waals surface area contributed by atoms with Crippen LogP contribution < -0.4 is 5.32 Å². The molecule has 0 saturated carbocycles. The van der Waals surface area contributed by atoms with Gasteiger partial charge in [-0.1, -0.05) is 36.4 Å². The molecule has 3 rings (SSSR count). The normalized spacial score (nSPS) is 23.7. The highest BCUT2D eigenvalue weighted by atomic mass is 127. The zero-order chi connectivity index (χ0) is 17.5. The van der Waals surface area contributed by atoms with E-state index in [0.717, 1.165) is 38.1 Å². The number of nitrogens with one attached hydrogen (secondary N) is 1. The van der Waals surface area contributed by atoms with E-state index in [9.17, 15) is 0 Å². The van der Waals surface area contributed by atoms with E-state index >= 15 is 0 Å². The van der Waals surface area contributed by atoms with Crippen LogP contribution >= 0.6 is 24.0 Å². The van der Waals surface area contributed by atoms with Gasteiger partial charge in [0, 0.05) is 32.2 Å². The molecule has 2 unspecified atom stereocenters. The van der Waals surface area contributed by atoms with Crippen molar-refractivity contribution in [2.45, 2.75) is 38.8 Å². The number of hydrogen-bond acceptors (Lipinski definition) is 2. The molecule has 5 heteroatoms. The average Bonchev–Trinajstić information content (AvgIpc) is 2.66. The zero-order valence-electron chi connectivity index (χ0n) is 15.9. The van der Waals surface area contributed by atoms with Crippen LogP contribution in [0.2, 0.25) is 0 Å². The zero-order valence-corrected chi connectivity index (χ0v) is 18.3. The number of nitrogens with zero attached hydrogens (tertiary/aromatic N) is 3. The third-order valence-corrected chi connectivity index (χ3v) is 5.42. The molecule has 1 aromatic rings. The maximum absolute atomic E-state index is 4.68. The average molecular weight is 468 g/mol. The lowest BCUT2D eigenvalue weighted by atomic mass is 9.83. The molecule has 0 aromatic heterocycles. The Hall–Kier alpha value is -1.08. The lowest BCUT2D eigenvalue weighted by molar-refractivity contribution is 0.0372. The van der Waals surface area contributed by atoms with Crippen LogP contribution in [0, 0.1) is 5.92 Å². The number of rotatable bonds is 5. The number of fused-ring (bicyclic) bond motifs is 1. The Morgan fingerprint density at radius 3 is 2.81 bits per heavy atom. The molecule has 2 saturated heterocycles. The fraction of sp³-hybridized carbons (Fsp3) is 0.571. The largest absolute Gasteiger partial charge is 0.357 e. The second-order valence-corrected chi connectivity index (χ2v) is 7.14. The van der Waals surface area contributed by atoms with E-state index in [2.05, 4.69) is 63.9 Å². The minimum absolute atomic E-state index is 0. The first-order valence-electron chi connectivity index (χ1n) is 9.74. The van der Waals surface area contributed by atoms with Gasteiger partial charge >= 0.3 is 0 Å². The van der Waals surface area contributed by atoms with E-state index in [1.165, 1.54) is 31.4 Å². The molecule has 0 radical (unpaired) electrons. The van der Waals surface area contributed by atoms with E-state index in [1.54, 1.807) is 0 Å². The summed E-state index contributed by atoms with van der Waals surface area (Å²) in [5.41, 5.74) is 1.44. The van der Waals surface area contributed by atoms with Crippen molar-refractivity contribution in [3.63, 3.8) is 0 Å². The summed E-state index contributed by atoms with van der Waals surface area (Å²) in [5, 5.41) is 3.45. The third kappa shape index (κ3) is 5.46. The van der Waals surface area contributed by atoms with Gasteiger partial charge in [0.25, 0.3) is 0 Å². The Morgan fingerprint density at radius 2 is 2.08 bits per heavy atom. The molecule has 2 atom stereocenters. The van der Waals surface area contributed by atoms with Gasteiger partial charge in [-0.15, -0.1) is 30.6 Å². The molecule has 2 fully saturated rings. The Labute approximate surface area is 175 Å². The van der Waals surface area contributed by atoms with E-state index in [4.69, 9.17) is 0 Å². The van der Waals surface area contributed by atoms with Gasteiger partial charge in [-0.2, -0.15) is 0 Å².